The molecule has 0 aromatic carbocycles. The van der Waals surface area contributed by atoms with E-state index in [9.17, 15) is 0 Å². The molecule has 0 N–H and O–H groups in total. The van der Waals surface area contributed by atoms with Crippen molar-refractivity contribution in [3.05, 3.63) is 24.0 Å². The van der Waals surface area contributed by atoms with E-state index in [-0.39, 0.29) is 5.41 Å². The van der Waals surface area contributed by atoms with Gasteiger partial charge in [-0.25, -0.2) is 0 Å². The third-order valence-electron chi connectivity index (χ3n) is 2.89. The molecule has 16 heavy (non-hydrogen) atoms. The highest BCUT2D eigenvalue weighted by molar-refractivity contribution is 5.47. The van der Waals surface area contributed by atoms with E-state index in [2.05, 4.69) is 42.8 Å². The molecular weight excluding hydrogens is 200 g/mol. The standard InChI is InChI=1S/C13H20N2O/c1-13(2,3)12-10-11(4-5-14-12)15-6-8-16-9-7-15/h4-5,10H,6-9H2,1-3H3. The Bertz CT molecular complexity index is 351. The molecule has 3 heteroatoms. The van der Waals surface area contributed by atoms with Crippen molar-refractivity contribution in [3.8, 4) is 0 Å². The largest absolute Gasteiger partial charge is 0.378 e. The summed E-state index contributed by atoms with van der Waals surface area (Å²) < 4.78 is 5.36. The first-order valence-electron chi connectivity index (χ1n) is 5.86. The normalized spacial score (nSPS) is 17.6. The Morgan fingerprint density at radius 2 is 1.94 bits per heavy atom. The van der Waals surface area contributed by atoms with Crippen molar-refractivity contribution in [2.75, 3.05) is 31.2 Å². The summed E-state index contributed by atoms with van der Waals surface area (Å²) in [6.07, 6.45) is 1.91. The lowest BCUT2D eigenvalue weighted by Gasteiger charge is -2.30. The number of hydrogen-bond donors (Lipinski definition) is 0. The van der Waals surface area contributed by atoms with Gasteiger partial charge in [-0.3, -0.25) is 4.98 Å². The number of nitrogens with zero attached hydrogens (tertiary/aromatic N) is 2. The summed E-state index contributed by atoms with van der Waals surface area (Å²) in [5, 5.41) is 0. The molecule has 2 heterocycles. The zero-order valence-corrected chi connectivity index (χ0v) is 10.4. The zero-order valence-electron chi connectivity index (χ0n) is 10.4. The topological polar surface area (TPSA) is 25.4 Å². The predicted octanol–water partition coefficient (Wildman–Crippen LogP) is 2.22. The monoisotopic (exact) mass is 220 g/mol. The van der Waals surface area contributed by atoms with Crippen LogP contribution in [0.5, 0.6) is 0 Å². The minimum absolute atomic E-state index is 0.113. The fraction of sp³-hybridized carbons (Fsp3) is 0.615. The highest BCUT2D eigenvalue weighted by atomic mass is 16.5. The maximum absolute atomic E-state index is 5.36. The summed E-state index contributed by atoms with van der Waals surface area (Å²) in [6.45, 7) is 10.2. The second-order valence-electron chi connectivity index (χ2n) is 5.25. The van der Waals surface area contributed by atoms with E-state index >= 15 is 0 Å². The van der Waals surface area contributed by atoms with Crippen molar-refractivity contribution in [1.82, 2.24) is 4.98 Å². The van der Waals surface area contributed by atoms with Crippen LogP contribution in [0.25, 0.3) is 0 Å². The molecule has 0 radical (unpaired) electrons. The number of ether oxygens (including phenoxy) is 1. The second-order valence-corrected chi connectivity index (χ2v) is 5.25. The lowest BCUT2D eigenvalue weighted by Crippen LogP contribution is -2.36. The molecule has 3 nitrogen and oxygen atoms in total. The Balaban J connectivity index is 2.21. The average molecular weight is 220 g/mol. The molecule has 2 rings (SSSR count). The van der Waals surface area contributed by atoms with Crippen LogP contribution in [0.2, 0.25) is 0 Å². The highest BCUT2D eigenvalue weighted by Crippen LogP contribution is 2.24. The van der Waals surface area contributed by atoms with Gasteiger partial charge in [0, 0.05) is 36.1 Å². The number of rotatable bonds is 1. The molecular formula is C13H20N2O. The van der Waals surface area contributed by atoms with Gasteiger partial charge >= 0.3 is 0 Å². The van der Waals surface area contributed by atoms with Crippen molar-refractivity contribution < 1.29 is 4.74 Å². The summed E-state index contributed by atoms with van der Waals surface area (Å²) in [4.78, 5) is 6.81. The van der Waals surface area contributed by atoms with Crippen LogP contribution in [0.3, 0.4) is 0 Å². The maximum atomic E-state index is 5.36. The smallest absolute Gasteiger partial charge is 0.0642 e. The van der Waals surface area contributed by atoms with Gasteiger partial charge in [-0.05, 0) is 12.1 Å². The molecule has 0 aliphatic carbocycles. The molecule has 0 amide bonds. The first-order chi connectivity index (χ1) is 7.57. The van der Waals surface area contributed by atoms with E-state index in [4.69, 9.17) is 4.74 Å². The van der Waals surface area contributed by atoms with E-state index in [1.54, 1.807) is 0 Å². The van der Waals surface area contributed by atoms with E-state index in [1.165, 1.54) is 5.69 Å². The molecule has 88 valence electrons. The Morgan fingerprint density at radius 3 is 2.56 bits per heavy atom. The van der Waals surface area contributed by atoms with E-state index < -0.39 is 0 Å². The quantitative estimate of drug-likeness (QED) is 0.725. The molecule has 1 saturated heterocycles. The molecule has 0 atom stereocenters. The van der Waals surface area contributed by atoms with Crippen molar-refractivity contribution in [2.45, 2.75) is 26.2 Å². The van der Waals surface area contributed by atoms with Crippen LogP contribution in [0.15, 0.2) is 18.3 Å². The zero-order chi connectivity index (χ0) is 11.6. The van der Waals surface area contributed by atoms with Crippen molar-refractivity contribution in [1.29, 1.82) is 0 Å². The Kier molecular flexibility index (Phi) is 3.15. The number of aromatic nitrogens is 1. The van der Waals surface area contributed by atoms with Gasteiger partial charge in [0.1, 0.15) is 0 Å². The minimum Gasteiger partial charge on any atom is -0.378 e. The number of anilines is 1. The van der Waals surface area contributed by atoms with Crippen LogP contribution >= 0.6 is 0 Å². The van der Waals surface area contributed by atoms with Gasteiger partial charge in [0.2, 0.25) is 0 Å². The molecule has 1 fully saturated rings. The van der Waals surface area contributed by atoms with Gasteiger partial charge in [-0.15, -0.1) is 0 Å². The number of hydrogen-bond acceptors (Lipinski definition) is 3. The first kappa shape index (κ1) is 11.4. The fourth-order valence-corrected chi connectivity index (χ4v) is 1.85. The maximum Gasteiger partial charge on any atom is 0.0642 e. The summed E-state index contributed by atoms with van der Waals surface area (Å²) in [5.74, 6) is 0. The highest BCUT2D eigenvalue weighted by Gasteiger charge is 2.18. The number of pyridine rings is 1. The van der Waals surface area contributed by atoms with Gasteiger partial charge in [0.25, 0.3) is 0 Å². The molecule has 1 aliphatic heterocycles. The molecule has 0 unspecified atom stereocenters. The summed E-state index contributed by atoms with van der Waals surface area (Å²) in [7, 11) is 0. The Labute approximate surface area is 97.4 Å². The molecule has 0 spiro atoms. The predicted molar refractivity (Wildman–Crippen MR) is 66.0 cm³/mol. The molecule has 1 aliphatic rings. The van der Waals surface area contributed by atoms with E-state index in [0.717, 1.165) is 32.0 Å². The average Bonchev–Trinajstić information content (AvgIpc) is 2.29. The van der Waals surface area contributed by atoms with Crippen molar-refractivity contribution >= 4 is 5.69 Å². The van der Waals surface area contributed by atoms with Crippen LogP contribution in [0, 0.1) is 0 Å². The van der Waals surface area contributed by atoms with Crippen LogP contribution in [-0.4, -0.2) is 31.3 Å². The first-order valence-corrected chi connectivity index (χ1v) is 5.86. The minimum atomic E-state index is 0.113. The lowest BCUT2D eigenvalue weighted by molar-refractivity contribution is 0.122. The van der Waals surface area contributed by atoms with E-state index in [1.807, 2.05) is 6.20 Å². The molecule has 0 bridgehead atoms. The summed E-state index contributed by atoms with van der Waals surface area (Å²) >= 11 is 0. The fourth-order valence-electron chi connectivity index (χ4n) is 1.85. The van der Waals surface area contributed by atoms with Crippen molar-refractivity contribution in [3.63, 3.8) is 0 Å². The molecule has 1 aromatic rings. The lowest BCUT2D eigenvalue weighted by atomic mass is 9.91. The SMILES string of the molecule is CC(C)(C)c1cc(N2CCOCC2)ccn1. The van der Waals surface area contributed by atoms with Crippen LogP contribution in [0.1, 0.15) is 26.5 Å². The molecule has 0 saturated carbocycles. The Morgan fingerprint density at radius 1 is 1.25 bits per heavy atom. The van der Waals surface area contributed by atoms with Crippen LogP contribution < -0.4 is 4.90 Å². The third-order valence-corrected chi connectivity index (χ3v) is 2.89. The van der Waals surface area contributed by atoms with Crippen molar-refractivity contribution in [2.24, 2.45) is 0 Å². The second kappa shape index (κ2) is 4.42. The van der Waals surface area contributed by atoms with E-state index in [0.29, 0.717) is 0 Å². The van der Waals surface area contributed by atoms with Gasteiger partial charge < -0.3 is 9.64 Å². The summed E-state index contributed by atoms with van der Waals surface area (Å²) in [5.41, 5.74) is 2.53. The van der Waals surface area contributed by atoms with Crippen LogP contribution in [0.4, 0.5) is 5.69 Å². The van der Waals surface area contributed by atoms with Crippen LogP contribution in [-0.2, 0) is 10.2 Å². The number of morpholine rings is 1. The van der Waals surface area contributed by atoms with Gasteiger partial charge in [0.05, 0.1) is 13.2 Å². The molecule has 1 aromatic heterocycles. The van der Waals surface area contributed by atoms with Gasteiger partial charge in [-0.2, -0.15) is 0 Å². The van der Waals surface area contributed by atoms with Gasteiger partial charge in [-0.1, -0.05) is 20.8 Å². The summed E-state index contributed by atoms with van der Waals surface area (Å²) in [6, 6.07) is 4.28. The van der Waals surface area contributed by atoms with Gasteiger partial charge in [0.15, 0.2) is 0 Å². The Hall–Kier alpha value is -1.09. The third kappa shape index (κ3) is 2.53.